The van der Waals surface area contributed by atoms with E-state index in [0.717, 1.165) is 37.2 Å². The molecule has 0 spiro atoms. The minimum atomic E-state index is -4.64. The molecule has 1 fully saturated rings. The molecule has 4 rings (SSSR count). The zero-order valence-electron chi connectivity index (χ0n) is 20.1. The first-order chi connectivity index (χ1) is 17.6. The third-order valence-corrected chi connectivity index (χ3v) is 6.90. The molecule has 1 aromatic heterocycles. The van der Waals surface area contributed by atoms with Crippen molar-refractivity contribution in [3.8, 4) is 17.0 Å². The Hall–Kier alpha value is -3.10. The molecule has 2 nitrogen and oxygen atoms in total. The summed E-state index contributed by atoms with van der Waals surface area (Å²) >= 11 is 0. The molecule has 198 valence electrons. The molecule has 0 bridgehead atoms. The van der Waals surface area contributed by atoms with Crippen LogP contribution in [0.5, 0.6) is 5.75 Å². The van der Waals surface area contributed by atoms with E-state index >= 15 is 0 Å². The highest BCUT2D eigenvalue weighted by Crippen LogP contribution is 2.39. The Labute approximate surface area is 210 Å². The first-order valence-corrected chi connectivity index (χ1v) is 12.3. The van der Waals surface area contributed by atoms with Crippen molar-refractivity contribution < 1.29 is 35.5 Å². The van der Waals surface area contributed by atoms with E-state index in [1.165, 1.54) is 19.3 Å². The molecule has 0 unspecified atom stereocenters. The van der Waals surface area contributed by atoms with Gasteiger partial charge < -0.3 is 4.74 Å². The van der Waals surface area contributed by atoms with Gasteiger partial charge in [0.05, 0.1) is 5.69 Å². The van der Waals surface area contributed by atoms with E-state index in [9.17, 15) is 30.7 Å². The van der Waals surface area contributed by atoms with Crippen molar-refractivity contribution >= 4 is 0 Å². The maximum Gasteiger partial charge on any atom is 0.432 e. The number of unbranched alkanes of at least 4 members (excludes halogenated alkanes) is 1. The molecule has 2 aromatic carbocycles. The fourth-order valence-corrected chi connectivity index (χ4v) is 4.88. The highest BCUT2D eigenvalue weighted by atomic mass is 19.3. The standard InChI is InChI=1S/C28H26F7NO/c1-2-3-4-16-5-7-17(8-6-16)18-9-10-25(36-15-18)19-11-21(29)26(22(30)12-19)28(34,35)37-20-13-23(31)27(33)24(32)14-20/h9-17H,2-8H2,1H3. The van der Waals surface area contributed by atoms with Gasteiger partial charge in [0.25, 0.3) is 0 Å². The maximum absolute atomic E-state index is 14.7. The summed E-state index contributed by atoms with van der Waals surface area (Å²) in [5, 5.41) is 0. The molecule has 0 aliphatic heterocycles. The van der Waals surface area contributed by atoms with E-state index in [1.54, 1.807) is 12.3 Å². The van der Waals surface area contributed by atoms with Crippen LogP contribution in [-0.2, 0) is 6.11 Å². The number of pyridine rings is 1. The van der Waals surface area contributed by atoms with E-state index in [2.05, 4.69) is 16.6 Å². The van der Waals surface area contributed by atoms with Crippen molar-refractivity contribution in [2.24, 2.45) is 5.92 Å². The topological polar surface area (TPSA) is 22.1 Å². The largest absolute Gasteiger partial charge is 0.432 e. The Morgan fingerprint density at radius 1 is 0.865 bits per heavy atom. The average molecular weight is 526 g/mol. The molecule has 0 atom stereocenters. The quantitative estimate of drug-likeness (QED) is 0.216. The number of nitrogens with zero attached hydrogens (tertiary/aromatic N) is 1. The SMILES string of the molecule is CCCCC1CCC(c2ccc(-c3cc(F)c(C(F)(F)Oc4cc(F)c(F)c(F)c4)c(F)c3)nc2)CC1. The van der Waals surface area contributed by atoms with Crippen molar-refractivity contribution in [2.45, 2.75) is 63.9 Å². The number of hydrogen-bond donors (Lipinski definition) is 0. The number of aromatic nitrogens is 1. The molecule has 1 saturated carbocycles. The van der Waals surface area contributed by atoms with Gasteiger partial charge in [-0.25, -0.2) is 22.0 Å². The third kappa shape index (κ3) is 6.08. The van der Waals surface area contributed by atoms with Gasteiger partial charge in [-0.1, -0.05) is 32.3 Å². The summed E-state index contributed by atoms with van der Waals surface area (Å²) in [5.41, 5.74) is -0.605. The van der Waals surface area contributed by atoms with Crippen LogP contribution < -0.4 is 4.74 Å². The summed E-state index contributed by atoms with van der Waals surface area (Å²) in [7, 11) is 0. The zero-order chi connectivity index (χ0) is 26.7. The first kappa shape index (κ1) is 26.9. The number of rotatable bonds is 8. The molecule has 1 heterocycles. The van der Waals surface area contributed by atoms with Crippen molar-refractivity contribution in [1.82, 2.24) is 4.98 Å². The van der Waals surface area contributed by atoms with E-state index in [-0.39, 0.29) is 23.4 Å². The zero-order valence-corrected chi connectivity index (χ0v) is 20.1. The van der Waals surface area contributed by atoms with Gasteiger partial charge >= 0.3 is 6.11 Å². The summed E-state index contributed by atoms with van der Waals surface area (Å²) in [6, 6.07) is 5.09. The highest BCUT2D eigenvalue weighted by molar-refractivity contribution is 5.60. The van der Waals surface area contributed by atoms with Crippen LogP contribution in [0.25, 0.3) is 11.3 Å². The summed E-state index contributed by atoms with van der Waals surface area (Å²) in [6.07, 6.45) is 5.06. The average Bonchev–Trinajstić information content (AvgIpc) is 2.85. The predicted octanol–water partition coefficient (Wildman–Crippen LogP) is 9.04. The smallest absolute Gasteiger partial charge is 0.429 e. The molecule has 1 aliphatic rings. The minimum absolute atomic E-state index is 0.0664. The van der Waals surface area contributed by atoms with E-state index < -0.39 is 46.5 Å². The maximum atomic E-state index is 14.7. The van der Waals surface area contributed by atoms with Crippen LogP contribution in [0.15, 0.2) is 42.6 Å². The summed E-state index contributed by atoms with van der Waals surface area (Å²) < 4.78 is 102. The lowest BCUT2D eigenvalue weighted by Crippen LogP contribution is -2.25. The molecule has 0 amide bonds. The van der Waals surface area contributed by atoms with Gasteiger partial charge in [-0.2, -0.15) is 8.78 Å². The van der Waals surface area contributed by atoms with Gasteiger partial charge in [0, 0.05) is 23.9 Å². The van der Waals surface area contributed by atoms with Crippen LogP contribution in [0.2, 0.25) is 0 Å². The molecule has 0 N–H and O–H groups in total. The van der Waals surface area contributed by atoms with Crippen LogP contribution in [0, 0.1) is 35.0 Å². The Morgan fingerprint density at radius 2 is 1.49 bits per heavy atom. The highest BCUT2D eigenvalue weighted by Gasteiger charge is 2.41. The fraction of sp³-hybridized carbons (Fsp3) is 0.393. The van der Waals surface area contributed by atoms with Gasteiger partial charge in [0.2, 0.25) is 0 Å². The minimum Gasteiger partial charge on any atom is -0.429 e. The lowest BCUT2D eigenvalue weighted by molar-refractivity contribution is -0.189. The van der Waals surface area contributed by atoms with Gasteiger partial charge in [-0.15, -0.1) is 0 Å². The van der Waals surface area contributed by atoms with E-state index in [1.807, 2.05) is 6.07 Å². The van der Waals surface area contributed by atoms with Crippen molar-refractivity contribution in [1.29, 1.82) is 0 Å². The lowest BCUT2D eigenvalue weighted by Gasteiger charge is -2.28. The second kappa shape index (κ2) is 11.1. The molecule has 3 aromatic rings. The van der Waals surface area contributed by atoms with Crippen molar-refractivity contribution in [2.75, 3.05) is 0 Å². The van der Waals surface area contributed by atoms with E-state index in [0.29, 0.717) is 18.1 Å². The molecule has 9 heteroatoms. The van der Waals surface area contributed by atoms with Crippen LogP contribution >= 0.6 is 0 Å². The number of halogens is 7. The summed E-state index contributed by atoms with van der Waals surface area (Å²) in [6.45, 7) is 2.18. The van der Waals surface area contributed by atoms with E-state index in [4.69, 9.17) is 0 Å². The Balaban J connectivity index is 1.50. The Bertz CT molecular complexity index is 1190. The molecule has 1 aliphatic carbocycles. The van der Waals surface area contributed by atoms with Crippen LogP contribution in [0.3, 0.4) is 0 Å². The van der Waals surface area contributed by atoms with Crippen molar-refractivity contribution in [3.05, 3.63) is 82.8 Å². The summed E-state index contributed by atoms with van der Waals surface area (Å²) in [5.74, 6) is -8.79. The van der Waals surface area contributed by atoms with Gasteiger partial charge in [0.15, 0.2) is 17.5 Å². The van der Waals surface area contributed by atoms with Crippen molar-refractivity contribution in [3.63, 3.8) is 0 Å². The van der Waals surface area contributed by atoms with Crippen LogP contribution in [0.4, 0.5) is 30.7 Å². The lowest BCUT2D eigenvalue weighted by atomic mass is 9.77. The van der Waals surface area contributed by atoms with Gasteiger partial charge in [0.1, 0.15) is 22.9 Å². The normalized spacial score (nSPS) is 18.2. The number of benzene rings is 2. The third-order valence-electron chi connectivity index (χ3n) is 6.90. The molecule has 0 radical (unpaired) electrons. The van der Waals surface area contributed by atoms with Gasteiger partial charge in [-0.05, 0) is 61.3 Å². The Kier molecular flexibility index (Phi) is 8.09. The fourth-order valence-electron chi connectivity index (χ4n) is 4.88. The van der Waals surface area contributed by atoms with Gasteiger partial charge in [-0.3, -0.25) is 4.98 Å². The molecular weight excluding hydrogens is 499 g/mol. The van der Waals surface area contributed by atoms with Crippen LogP contribution in [0.1, 0.15) is 68.9 Å². The molecule has 37 heavy (non-hydrogen) atoms. The summed E-state index contributed by atoms with van der Waals surface area (Å²) in [4.78, 5) is 4.29. The molecular formula is C28H26F7NO. The second-order valence-corrected chi connectivity index (χ2v) is 9.47. The van der Waals surface area contributed by atoms with Crippen LogP contribution in [-0.4, -0.2) is 4.98 Å². The Morgan fingerprint density at radius 3 is 2.03 bits per heavy atom. The number of hydrogen-bond acceptors (Lipinski definition) is 2. The number of ether oxygens (including phenoxy) is 1. The first-order valence-electron chi connectivity index (χ1n) is 12.3. The second-order valence-electron chi connectivity index (χ2n) is 9.47. The monoisotopic (exact) mass is 525 g/mol. The predicted molar refractivity (Wildman–Crippen MR) is 125 cm³/mol. The number of alkyl halides is 2. The molecule has 0 saturated heterocycles.